The van der Waals surface area contributed by atoms with Gasteiger partial charge in [-0.1, -0.05) is 12.1 Å². The van der Waals surface area contributed by atoms with E-state index in [9.17, 15) is 5.11 Å². The van der Waals surface area contributed by atoms with Crippen LogP contribution in [0.25, 0.3) is 16.9 Å². The molecule has 17 heavy (non-hydrogen) atoms. The highest BCUT2D eigenvalue weighted by Crippen LogP contribution is 2.32. The third-order valence-corrected chi connectivity index (χ3v) is 2.59. The van der Waals surface area contributed by atoms with E-state index in [2.05, 4.69) is 10.1 Å². The van der Waals surface area contributed by atoms with Gasteiger partial charge in [0.05, 0.1) is 0 Å². The Balaban J connectivity index is 2.32. The Labute approximate surface area is 97.1 Å². The maximum absolute atomic E-state index is 9.79. The first-order valence-corrected chi connectivity index (χ1v) is 5.14. The summed E-state index contributed by atoms with van der Waals surface area (Å²) in [6.45, 7) is 0. The van der Waals surface area contributed by atoms with Crippen molar-refractivity contribution in [2.75, 3.05) is 5.73 Å². The second-order valence-corrected chi connectivity index (χ2v) is 3.67. The molecule has 5 nitrogen and oxygen atoms in total. The van der Waals surface area contributed by atoms with Gasteiger partial charge in [0.1, 0.15) is 17.1 Å². The summed E-state index contributed by atoms with van der Waals surface area (Å²) in [6.07, 6.45) is 3.42. The molecule has 0 amide bonds. The largest absolute Gasteiger partial charge is 0.507 e. The van der Waals surface area contributed by atoms with Gasteiger partial charge in [0.25, 0.3) is 0 Å². The second-order valence-electron chi connectivity index (χ2n) is 3.67. The van der Waals surface area contributed by atoms with Gasteiger partial charge in [-0.05, 0) is 18.2 Å². The molecule has 3 aromatic rings. The van der Waals surface area contributed by atoms with Crippen LogP contribution in [0.2, 0.25) is 0 Å². The molecule has 5 heteroatoms. The van der Waals surface area contributed by atoms with E-state index in [-0.39, 0.29) is 5.75 Å². The quantitative estimate of drug-likeness (QED) is 0.662. The number of hydrogen-bond acceptors (Lipinski definition) is 4. The van der Waals surface area contributed by atoms with Gasteiger partial charge >= 0.3 is 0 Å². The number of nitrogens with zero attached hydrogens (tertiary/aromatic N) is 3. The molecule has 0 unspecified atom stereocenters. The van der Waals surface area contributed by atoms with Gasteiger partial charge in [-0.3, -0.25) is 0 Å². The summed E-state index contributed by atoms with van der Waals surface area (Å²) >= 11 is 0. The predicted molar refractivity (Wildman–Crippen MR) is 64.5 cm³/mol. The molecule has 2 aromatic heterocycles. The number of fused-ring (bicyclic) bond motifs is 1. The number of para-hydroxylation sites is 1. The predicted octanol–water partition coefficient (Wildman–Crippen LogP) is 1.68. The minimum absolute atomic E-state index is 0.155. The number of anilines is 1. The molecular weight excluding hydrogens is 216 g/mol. The number of rotatable bonds is 1. The SMILES string of the molecule is Nc1c(-c2ccccc2O)nn2cccnc12. The molecule has 0 aliphatic heterocycles. The number of aromatic hydroxyl groups is 1. The van der Waals surface area contributed by atoms with Crippen LogP contribution in [-0.4, -0.2) is 19.7 Å². The summed E-state index contributed by atoms with van der Waals surface area (Å²) in [5.41, 5.74) is 8.19. The first-order valence-electron chi connectivity index (χ1n) is 5.14. The molecule has 0 saturated carbocycles. The zero-order valence-electron chi connectivity index (χ0n) is 8.91. The van der Waals surface area contributed by atoms with Crippen molar-refractivity contribution in [3.8, 4) is 17.0 Å². The van der Waals surface area contributed by atoms with Gasteiger partial charge in [0.15, 0.2) is 5.65 Å². The molecule has 84 valence electrons. The Bertz CT molecular complexity index is 690. The number of aromatic nitrogens is 3. The van der Waals surface area contributed by atoms with E-state index in [1.807, 2.05) is 6.07 Å². The number of nitrogen functional groups attached to an aromatic ring is 1. The Morgan fingerprint density at radius 2 is 2.00 bits per heavy atom. The van der Waals surface area contributed by atoms with Gasteiger partial charge in [-0.25, -0.2) is 9.50 Å². The molecule has 0 atom stereocenters. The highest BCUT2D eigenvalue weighted by atomic mass is 16.3. The maximum atomic E-state index is 9.79. The van der Waals surface area contributed by atoms with Crippen molar-refractivity contribution in [1.29, 1.82) is 0 Å². The minimum Gasteiger partial charge on any atom is -0.507 e. The number of hydrogen-bond donors (Lipinski definition) is 2. The fraction of sp³-hybridized carbons (Fsp3) is 0. The van der Waals surface area contributed by atoms with Crippen LogP contribution in [0.15, 0.2) is 42.7 Å². The van der Waals surface area contributed by atoms with Crippen LogP contribution >= 0.6 is 0 Å². The monoisotopic (exact) mass is 226 g/mol. The first-order chi connectivity index (χ1) is 8.27. The zero-order chi connectivity index (χ0) is 11.8. The number of phenols is 1. The Morgan fingerprint density at radius 1 is 1.18 bits per heavy atom. The average Bonchev–Trinajstić information content (AvgIpc) is 2.68. The van der Waals surface area contributed by atoms with Crippen LogP contribution in [-0.2, 0) is 0 Å². The highest BCUT2D eigenvalue weighted by Gasteiger charge is 2.14. The van der Waals surface area contributed by atoms with Gasteiger partial charge < -0.3 is 10.8 Å². The number of nitrogens with two attached hydrogens (primary N) is 1. The van der Waals surface area contributed by atoms with E-state index in [4.69, 9.17) is 5.73 Å². The van der Waals surface area contributed by atoms with Crippen molar-refractivity contribution in [2.24, 2.45) is 0 Å². The summed E-state index contributed by atoms with van der Waals surface area (Å²) in [7, 11) is 0. The van der Waals surface area contributed by atoms with Crippen molar-refractivity contribution in [2.45, 2.75) is 0 Å². The molecule has 0 aliphatic rings. The lowest BCUT2D eigenvalue weighted by atomic mass is 10.1. The van der Waals surface area contributed by atoms with Crippen LogP contribution in [0.4, 0.5) is 5.69 Å². The van der Waals surface area contributed by atoms with Crippen molar-refractivity contribution in [3.63, 3.8) is 0 Å². The first kappa shape index (κ1) is 9.65. The molecule has 0 fully saturated rings. The lowest BCUT2D eigenvalue weighted by Gasteiger charge is -2.00. The van der Waals surface area contributed by atoms with Crippen LogP contribution in [0, 0.1) is 0 Å². The lowest BCUT2D eigenvalue weighted by Crippen LogP contribution is -1.89. The molecule has 3 rings (SSSR count). The molecule has 0 bridgehead atoms. The maximum Gasteiger partial charge on any atom is 0.178 e. The van der Waals surface area contributed by atoms with Gasteiger partial charge in [-0.15, -0.1) is 0 Å². The lowest BCUT2D eigenvalue weighted by molar-refractivity contribution is 0.477. The van der Waals surface area contributed by atoms with E-state index >= 15 is 0 Å². The molecule has 0 aliphatic carbocycles. The molecule has 0 spiro atoms. The molecular formula is C12H10N4O. The molecule has 3 N–H and O–H groups in total. The summed E-state index contributed by atoms with van der Waals surface area (Å²) in [5.74, 6) is 0.155. The highest BCUT2D eigenvalue weighted by molar-refractivity contribution is 5.85. The van der Waals surface area contributed by atoms with Crippen molar-refractivity contribution in [1.82, 2.24) is 14.6 Å². The molecule has 2 heterocycles. The standard InChI is InChI=1S/C12H10N4O/c13-10-11(8-4-1-2-5-9(8)17)15-16-7-3-6-14-12(10)16/h1-7,17H,13H2. The molecule has 0 saturated heterocycles. The third-order valence-electron chi connectivity index (χ3n) is 2.59. The summed E-state index contributed by atoms with van der Waals surface area (Å²) in [4.78, 5) is 4.15. The minimum atomic E-state index is 0.155. The topological polar surface area (TPSA) is 76.4 Å². The number of benzene rings is 1. The van der Waals surface area contributed by atoms with Gasteiger partial charge in [-0.2, -0.15) is 5.10 Å². The molecule has 0 radical (unpaired) electrons. The van der Waals surface area contributed by atoms with Crippen molar-refractivity contribution >= 4 is 11.3 Å². The van der Waals surface area contributed by atoms with E-state index in [0.29, 0.717) is 22.6 Å². The summed E-state index contributed by atoms with van der Waals surface area (Å²) in [5, 5.41) is 14.1. The van der Waals surface area contributed by atoms with Crippen LogP contribution in [0.1, 0.15) is 0 Å². The zero-order valence-corrected chi connectivity index (χ0v) is 8.91. The van der Waals surface area contributed by atoms with Crippen molar-refractivity contribution in [3.05, 3.63) is 42.7 Å². The Morgan fingerprint density at radius 3 is 2.76 bits per heavy atom. The fourth-order valence-corrected chi connectivity index (χ4v) is 1.78. The Hall–Kier alpha value is -2.56. The average molecular weight is 226 g/mol. The normalized spacial score (nSPS) is 10.8. The smallest absolute Gasteiger partial charge is 0.178 e. The second kappa shape index (κ2) is 3.48. The van der Waals surface area contributed by atoms with E-state index in [0.717, 1.165) is 0 Å². The Kier molecular flexibility index (Phi) is 1.98. The van der Waals surface area contributed by atoms with Gasteiger partial charge in [0.2, 0.25) is 0 Å². The van der Waals surface area contributed by atoms with Crippen LogP contribution < -0.4 is 5.73 Å². The fourth-order valence-electron chi connectivity index (χ4n) is 1.78. The summed E-state index contributed by atoms with van der Waals surface area (Å²) < 4.78 is 1.59. The number of phenolic OH excluding ortho intramolecular Hbond substituents is 1. The third kappa shape index (κ3) is 1.40. The van der Waals surface area contributed by atoms with Crippen molar-refractivity contribution < 1.29 is 5.11 Å². The summed E-state index contributed by atoms with van der Waals surface area (Å²) in [6, 6.07) is 8.72. The van der Waals surface area contributed by atoms with E-state index in [1.54, 1.807) is 41.2 Å². The van der Waals surface area contributed by atoms with E-state index in [1.165, 1.54) is 0 Å². The van der Waals surface area contributed by atoms with E-state index < -0.39 is 0 Å². The van der Waals surface area contributed by atoms with Crippen LogP contribution in [0.5, 0.6) is 5.75 Å². The van der Waals surface area contributed by atoms with Crippen LogP contribution in [0.3, 0.4) is 0 Å². The molecule has 1 aromatic carbocycles. The van der Waals surface area contributed by atoms with Gasteiger partial charge in [0, 0.05) is 18.0 Å².